The first-order chi connectivity index (χ1) is 18.4. The summed E-state index contributed by atoms with van der Waals surface area (Å²) in [5, 5.41) is 12.8. The van der Waals surface area contributed by atoms with Crippen molar-refractivity contribution in [1.29, 1.82) is 5.41 Å². The lowest BCUT2D eigenvalue weighted by atomic mass is 9.79. The van der Waals surface area contributed by atoms with E-state index < -0.39 is 53.5 Å². The summed E-state index contributed by atoms with van der Waals surface area (Å²) in [6, 6.07) is 8.30. The van der Waals surface area contributed by atoms with E-state index in [0.29, 0.717) is 11.3 Å². The Morgan fingerprint density at radius 1 is 1.23 bits per heavy atom. The summed E-state index contributed by atoms with van der Waals surface area (Å²) < 4.78 is 59.9. The fraction of sp³-hybridized carbons (Fsp3) is 0.407. The van der Waals surface area contributed by atoms with Gasteiger partial charge in [-0.05, 0) is 42.5 Å². The summed E-state index contributed by atoms with van der Waals surface area (Å²) in [6.45, 7) is 3.33. The number of alkyl halides is 3. The van der Waals surface area contributed by atoms with Crippen LogP contribution in [0.5, 0.6) is 0 Å². The van der Waals surface area contributed by atoms with Crippen molar-refractivity contribution in [3.05, 3.63) is 65.5 Å². The van der Waals surface area contributed by atoms with Crippen LogP contribution in [0.2, 0.25) is 0 Å². The van der Waals surface area contributed by atoms with Crippen molar-refractivity contribution in [2.24, 2.45) is 5.92 Å². The molecule has 1 fully saturated rings. The van der Waals surface area contributed by atoms with Crippen LogP contribution in [0.3, 0.4) is 0 Å². The highest BCUT2D eigenvalue weighted by atomic mass is 19.4. The number of carbonyl (C=O) groups is 3. The van der Waals surface area contributed by atoms with E-state index in [2.05, 4.69) is 10.6 Å². The van der Waals surface area contributed by atoms with Gasteiger partial charge in [0.25, 0.3) is 0 Å². The Morgan fingerprint density at radius 2 is 1.92 bits per heavy atom. The molecule has 2 aliphatic rings. The van der Waals surface area contributed by atoms with E-state index in [-0.39, 0.29) is 30.9 Å². The fourth-order valence-electron chi connectivity index (χ4n) is 5.20. The topological polar surface area (TPSA) is 112 Å². The number of alkyl carbamates (subject to hydrolysis) is 1. The predicted octanol–water partition coefficient (Wildman–Crippen LogP) is 4.71. The van der Waals surface area contributed by atoms with Crippen LogP contribution in [0.25, 0.3) is 0 Å². The SMILES string of the molecule is CC(C)C[C@H](NC(=O)O[C@@H](c1ccccc1)C(F)(F)F)C(=O)N1C[C@]2(C[C@H]1C=N)C(=O)Nc1ccc(F)cc12. The number of halogens is 4. The molecule has 1 saturated heterocycles. The zero-order chi connectivity index (χ0) is 28.5. The van der Waals surface area contributed by atoms with E-state index in [1.807, 2.05) is 0 Å². The maximum Gasteiger partial charge on any atom is 0.429 e. The number of carbonyl (C=O) groups excluding carboxylic acids is 3. The van der Waals surface area contributed by atoms with Crippen LogP contribution in [0.15, 0.2) is 48.5 Å². The van der Waals surface area contributed by atoms with Crippen molar-refractivity contribution in [2.75, 3.05) is 11.9 Å². The van der Waals surface area contributed by atoms with Crippen LogP contribution in [-0.4, -0.2) is 53.8 Å². The van der Waals surface area contributed by atoms with E-state index in [0.717, 1.165) is 6.21 Å². The number of nitrogens with one attached hydrogen (secondary N) is 3. The molecule has 1 spiro atoms. The molecule has 4 atom stereocenters. The van der Waals surface area contributed by atoms with Gasteiger partial charge in [0.2, 0.25) is 17.9 Å². The number of fused-ring (bicyclic) bond motifs is 2. The highest BCUT2D eigenvalue weighted by molar-refractivity contribution is 6.08. The summed E-state index contributed by atoms with van der Waals surface area (Å²) >= 11 is 0. The summed E-state index contributed by atoms with van der Waals surface area (Å²) in [7, 11) is 0. The Balaban J connectivity index is 1.57. The standard InChI is InChI=1S/C27H28F4N4O4/c1-15(2)10-21(34-25(38)39-22(27(29,30)31)16-6-4-3-5-7-16)23(36)35-14-26(12-18(35)13-32)19-11-17(28)8-9-20(19)33-24(26)37/h3-9,11,13,15,18,21-22,32H,10,12,14H2,1-2H3,(H,33,37)(H,34,38)/t18-,21-,22-,26-/m0/s1. The van der Waals surface area contributed by atoms with E-state index in [1.54, 1.807) is 13.8 Å². The normalized spacial score (nSPS) is 21.9. The van der Waals surface area contributed by atoms with Gasteiger partial charge in [-0.15, -0.1) is 0 Å². The zero-order valence-electron chi connectivity index (χ0n) is 21.2. The van der Waals surface area contributed by atoms with Gasteiger partial charge in [-0.25, -0.2) is 9.18 Å². The summed E-state index contributed by atoms with van der Waals surface area (Å²) in [5.74, 6) is -1.87. The molecule has 2 aliphatic heterocycles. The minimum Gasteiger partial charge on any atom is -0.432 e. The number of ether oxygens (including phenoxy) is 1. The average Bonchev–Trinajstić information content (AvgIpc) is 3.39. The Bertz CT molecular complexity index is 1270. The lowest BCUT2D eigenvalue weighted by Gasteiger charge is -2.29. The molecule has 0 radical (unpaired) electrons. The number of anilines is 1. The minimum atomic E-state index is -4.90. The van der Waals surface area contributed by atoms with Gasteiger partial charge < -0.3 is 25.7 Å². The lowest BCUT2D eigenvalue weighted by molar-refractivity contribution is -0.206. The lowest BCUT2D eigenvalue weighted by Crippen LogP contribution is -2.52. The molecule has 208 valence electrons. The molecular formula is C27H28F4N4O4. The van der Waals surface area contributed by atoms with Gasteiger partial charge in [-0.1, -0.05) is 44.2 Å². The summed E-state index contributed by atoms with van der Waals surface area (Å²) in [4.78, 5) is 40.6. The smallest absolute Gasteiger partial charge is 0.429 e. The first-order valence-corrected chi connectivity index (χ1v) is 12.4. The largest absolute Gasteiger partial charge is 0.432 e. The van der Waals surface area contributed by atoms with E-state index in [4.69, 9.17) is 10.1 Å². The number of likely N-dealkylation sites (tertiary alicyclic amines) is 1. The van der Waals surface area contributed by atoms with Crippen LogP contribution >= 0.6 is 0 Å². The molecule has 3 amide bonds. The molecule has 12 heteroatoms. The second-order valence-electron chi connectivity index (χ2n) is 10.2. The van der Waals surface area contributed by atoms with Gasteiger partial charge in [-0.3, -0.25) is 9.59 Å². The third-order valence-corrected chi connectivity index (χ3v) is 6.98. The van der Waals surface area contributed by atoms with Gasteiger partial charge in [-0.2, -0.15) is 13.2 Å². The highest BCUT2D eigenvalue weighted by Gasteiger charge is 2.56. The Morgan fingerprint density at radius 3 is 2.54 bits per heavy atom. The Kier molecular flexibility index (Phi) is 7.67. The second kappa shape index (κ2) is 10.7. The van der Waals surface area contributed by atoms with Crippen molar-refractivity contribution in [1.82, 2.24) is 10.2 Å². The number of benzene rings is 2. The molecule has 2 aromatic rings. The van der Waals surface area contributed by atoms with Gasteiger partial charge >= 0.3 is 12.3 Å². The highest BCUT2D eigenvalue weighted by Crippen LogP contribution is 2.46. The maximum atomic E-state index is 14.1. The van der Waals surface area contributed by atoms with Gasteiger partial charge in [0.05, 0.1) is 11.5 Å². The Labute approximate surface area is 222 Å². The van der Waals surface area contributed by atoms with Gasteiger partial charge in [0.1, 0.15) is 11.9 Å². The number of rotatable bonds is 7. The van der Waals surface area contributed by atoms with Gasteiger partial charge in [0, 0.05) is 24.0 Å². The molecule has 4 rings (SSSR count). The van der Waals surface area contributed by atoms with E-state index in [1.165, 1.54) is 53.4 Å². The first-order valence-electron chi connectivity index (χ1n) is 12.4. The van der Waals surface area contributed by atoms with Crippen molar-refractivity contribution in [3.63, 3.8) is 0 Å². The number of hydrogen-bond donors (Lipinski definition) is 3. The van der Waals surface area contributed by atoms with Crippen LogP contribution in [0.4, 0.5) is 28.0 Å². The van der Waals surface area contributed by atoms with Crippen LogP contribution in [0.1, 0.15) is 43.9 Å². The third-order valence-electron chi connectivity index (χ3n) is 6.98. The molecule has 0 unspecified atom stereocenters. The number of amides is 3. The van der Waals surface area contributed by atoms with Crippen molar-refractivity contribution >= 4 is 29.8 Å². The predicted molar refractivity (Wildman–Crippen MR) is 134 cm³/mol. The molecular weight excluding hydrogens is 520 g/mol. The molecule has 0 aliphatic carbocycles. The molecule has 0 saturated carbocycles. The Hall–Kier alpha value is -3.96. The van der Waals surface area contributed by atoms with Crippen molar-refractivity contribution < 1.29 is 36.7 Å². The van der Waals surface area contributed by atoms with Gasteiger partial charge in [0.15, 0.2) is 0 Å². The molecule has 39 heavy (non-hydrogen) atoms. The van der Waals surface area contributed by atoms with E-state index in [9.17, 15) is 31.9 Å². The molecule has 2 heterocycles. The average molecular weight is 549 g/mol. The zero-order valence-corrected chi connectivity index (χ0v) is 21.2. The van der Waals surface area contributed by atoms with Crippen LogP contribution in [-0.2, 0) is 19.7 Å². The first kappa shape index (κ1) is 28.1. The molecule has 0 aromatic heterocycles. The monoisotopic (exact) mass is 548 g/mol. The van der Waals surface area contributed by atoms with Crippen molar-refractivity contribution in [2.45, 2.75) is 56.5 Å². The molecule has 8 nitrogen and oxygen atoms in total. The number of nitrogens with zero attached hydrogens (tertiary/aromatic N) is 1. The number of hydrogen-bond acceptors (Lipinski definition) is 5. The third kappa shape index (κ3) is 5.59. The molecule has 0 bridgehead atoms. The van der Waals surface area contributed by atoms with Crippen molar-refractivity contribution in [3.8, 4) is 0 Å². The summed E-state index contributed by atoms with van der Waals surface area (Å²) in [6.07, 6.45) is -7.84. The minimum absolute atomic E-state index is 0.00747. The fourth-order valence-corrected chi connectivity index (χ4v) is 5.20. The molecule has 2 aromatic carbocycles. The van der Waals surface area contributed by atoms with Crippen LogP contribution in [0, 0.1) is 17.1 Å². The molecule has 3 N–H and O–H groups in total. The summed E-state index contributed by atoms with van der Waals surface area (Å²) in [5.41, 5.74) is -0.833. The second-order valence-corrected chi connectivity index (χ2v) is 10.2. The van der Waals surface area contributed by atoms with E-state index >= 15 is 0 Å². The van der Waals surface area contributed by atoms with Crippen LogP contribution < -0.4 is 10.6 Å². The quantitative estimate of drug-likeness (QED) is 0.344. The maximum absolute atomic E-state index is 14.1.